The zero-order valence-corrected chi connectivity index (χ0v) is 17.4. The van der Waals surface area contributed by atoms with Gasteiger partial charge in [-0.2, -0.15) is 0 Å². The van der Waals surface area contributed by atoms with Crippen LogP contribution in [0.5, 0.6) is 0 Å². The summed E-state index contributed by atoms with van der Waals surface area (Å²) in [6.45, 7) is 2.31. The number of carbonyl (C=O) groups is 3. The molecule has 3 rings (SSSR count). The molecule has 2 heterocycles. The molecule has 0 saturated carbocycles. The number of likely N-dealkylation sites (tertiary alicyclic amines) is 1. The summed E-state index contributed by atoms with van der Waals surface area (Å²) in [4.78, 5) is 39.3. The maximum Gasteiger partial charge on any atom is 0.329 e. The number of hydrogen-bond acceptors (Lipinski definition) is 5. The Balaban J connectivity index is 1.48. The second-order valence-corrected chi connectivity index (χ2v) is 8.04. The molecule has 7 heteroatoms. The molecule has 1 saturated heterocycles. The van der Waals surface area contributed by atoms with E-state index in [0.717, 1.165) is 25.7 Å². The minimum atomic E-state index is -0.629. The van der Waals surface area contributed by atoms with E-state index in [9.17, 15) is 14.4 Å². The van der Waals surface area contributed by atoms with Gasteiger partial charge in [0.1, 0.15) is 6.04 Å². The van der Waals surface area contributed by atoms with Crippen molar-refractivity contribution in [3.05, 3.63) is 52.2 Å². The Morgan fingerprint density at radius 2 is 2.00 bits per heavy atom. The van der Waals surface area contributed by atoms with Crippen molar-refractivity contribution in [2.45, 2.75) is 45.1 Å². The molecular weight excluding hydrogens is 388 g/mol. The summed E-state index contributed by atoms with van der Waals surface area (Å²) in [6, 6.07) is 10.6. The Morgan fingerprint density at radius 3 is 2.69 bits per heavy atom. The SMILES string of the molecule is CCCCc1ccc(NC(=O)COC(=O)[C@@H]2CCCN2C(=O)c2cccs2)cc1. The quantitative estimate of drug-likeness (QED) is 0.665. The Kier molecular flexibility index (Phi) is 7.41. The maximum absolute atomic E-state index is 12.5. The molecule has 1 fully saturated rings. The van der Waals surface area contributed by atoms with E-state index >= 15 is 0 Å². The van der Waals surface area contributed by atoms with Gasteiger partial charge in [-0.1, -0.05) is 31.5 Å². The first-order valence-corrected chi connectivity index (χ1v) is 10.9. The van der Waals surface area contributed by atoms with Crippen LogP contribution in [0.2, 0.25) is 0 Å². The van der Waals surface area contributed by atoms with E-state index in [4.69, 9.17) is 4.74 Å². The van der Waals surface area contributed by atoms with E-state index in [1.807, 2.05) is 35.7 Å². The summed E-state index contributed by atoms with van der Waals surface area (Å²) in [5.74, 6) is -1.08. The van der Waals surface area contributed by atoms with Crippen LogP contribution in [0.3, 0.4) is 0 Å². The molecule has 1 aliphatic heterocycles. The van der Waals surface area contributed by atoms with E-state index in [1.54, 1.807) is 11.0 Å². The van der Waals surface area contributed by atoms with Gasteiger partial charge in [-0.15, -0.1) is 11.3 Å². The Labute approximate surface area is 174 Å². The molecular formula is C22H26N2O4S. The van der Waals surface area contributed by atoms with Gasteiger partial charge in [-0.05, 0) is 54.8 Å². The number of esters is 1. The number of nitrogens with one attached hydrogen (secondary N) is 1. The minimum absolute atomic E-state index is 0.160. The summed E-state index contributed by atoms with van der Waals surface area (Å²) in [7, 11) is 0. The predicted octanol–water partition coefficient (Wildman–Crippen LogP) is 3.88. The lowest BCUT2D eigenvalue weighted by atomic mass is 10.1. The minimum Gasteiger partial charge on any atom is -0.454 e. The standard InChI is InChI=1S/C22H26N2O4S/c1-2-3-6-16-9-11-17(12-10-16)23-20(25)15-28-22(27)18-7-4-13-24(18)21(26)19-8-5-14-29-19/h5,8-12,14,18H,2-4,6-7,13,15H2,1H3,(H,23,25)/t18-/m0/s1. The third kappa shape index (κ3) is 5.67. The molecule has 0 radical (unpaired) electrons. The number of hydrogen-bond donors (Lipinski definition) is 1. The molecule has 0 spiro atoms. The molecule has 1 aromatic heterocycles. The van der Waals surface area contributed by atoms with Crippen LogP contribution in [0, 0.1) is 0 Å². The van der Waals surface area contributed by atoms with E-state index in [-0.39, 0.29) is 12.5 Å². The molecule has 0 bridgehead atoms. The fourth-order valence-electron chi connectivity index (χ4n) is 3.36. The van der Waals surface area contributed by atoms with Crippen molar-refractivity contribution in [2.75, 3.05) is 18.5 Å². The summed E-state index contributed by atoms with van der Waals surface area (Å²) in [6.07, 6.45) is 4.59. The molecule has 2 amide bonds. The molecule has 0 aliphatic carbocycles. The predicted molar refractivity (Wildman–Crippen MR) is 113 cm³/mol. The highest BCUT2D eigenvalue weighted by Crippen LogP contribution is 2.23. The van der Waals surface area contributed by atoms with Crippen LogP contribution < -0.4 is 5.32 Å². The lowest BCUT2D eigenvalue weighted by Crippen LogP contribution is -2.41. The second-order valence-electron chi connectivity index (χ2n) is 7.09. The second kappa shape index (κ2) is 10.2. The molecule has 29 heavy (non-hydrogen) atoms. The van der Waals surface area contributed by atoms with Crippen molar-refractivity contribution in [2.24, 2.45) is 0 Å². The summed E-state index contributed by atoms with van der Waals surface area (Å²) in [5.41, 5.74) is 1.90. The number of anilines is 1. The number of nitrogens with zero attached hydrogens (tertiary/aromatic N) is 1. The third-order valence-corrected chi connectivity index (χ3v) is 5.78. The first-order chi connectivity index (χ1) is 14.1. The zero-order chi connectivity index (χ0) is 20.6. The molecule has 2 aromatic rings. The third-order valence-electron chi connectivity index (χ3n) is 4.92. The number of amides is 2. The van der Waals surface area contributed by atoms with E-state index in [0.29, 0.717) is 23.5 Å². The van der Waals surface area contributed by atoms with Gasteiger partial charge in [0.2, 0.25) is 0 Å². The number of rotatable bonds is 8. The van der Waals surface area contributed by atoms with Crippen molar-refractivity contribution < 1.29 is 19.1 Å². The summed E-state index contributed by atoms with van der Waals surface area (Å²) < 4.78 is 5.19. The van der Waals surface area contributed by atoms with Gasteiger partial charge in [0.25, 0.3) is 11.8 Å². The molecule has 1 aliphatic rings. The molecule has 1 aromatic carbocycles. The van der Waals surface area contributed by atoms with E-state index in [2.05, 4.69) is 12.2 Å². The molecule has 1 atom stereocenters. The fourth-order valence-corrected chi connectivity index (χ4v) is 4.04. The average molecular weight is 415 g/mol. The zero-order valence-electron chi connectivity index (χ0n) is 16.6. The van der Waals surface area contributed by atoms with Gasteiger partial charge in [-0.25, -0.2) is 4.79 Å². The highest BCUT2D eigenvalue weighted by molar-refractivity contribution is 7.12. The highest BCUT2D eigenvalue weighted by atomic mass is 32.1. The maximum atomic E-state index is 12.5. The van der Waals surface area contributed by atoms with Gasteiger partial charge >= 0.3 is 5.97 Å². The normalized spacial score (nSPS) is 15.9. The molecule has 154 valence electrons. The topological polar surface area (TPSA) is 75.7 Å². The number of benzene rings is 1. The number of carbonyl (C=O) groups excluding carboxylic acids is 3. The van der Waals surface area contributed by atoms with Crippen LogP contribution in [0.15, 0.2) is 41.8 Å². The lowest BCUT2D eigenvalue weighted by Gasteiger charge is -2.22. The smallest absolute Gasteiger partial charge is 0.329 e. The first kappa shape index (κ1) is 21.0. The van der Waals surface area contributed by atoms with Gasteiger partial charge < -0.3 is 15.0 Å². The molecule has 0 unspecified atom stereocenters. The molecule has 1 N–H and O–H groups in total. The van der Waals surface area contributed by atoms with Gasteiger partial charge in [-0.3, -0.25) is 9.59 Å². The van der Waals surface area contributed by atoms with Crippen molar-refractivity contribution in [1.29, 1.82) is 0 Å². The van der Waals surface area contributed by atoms with Crippen LogP contribution >= 0.6 is 11.3 Å². The molecule has 6 nitrogen and oxygen atoms in total. The van der Waals surface area contributed by atoms with Crippen LogP contribution in [-0.4, -0.2) is 41.9 Å². The lowest BCUT2D eigenvalue weighted by molar-refractivity contribution is -0.151. The number of ether oxygens (including phenoxy) is 1. The summed E-state index contributed by atoms with van der Waals surface area (Å²) in [5, 5.41) is 4.56. The van der Waals surface area contributed by atoms with Crippen molar-refractivity contribution in [3.8, 4) is 0 Å². The Morgan fingerprint density at radius 1 is 1.21 bits per heavy atom. The number of aryl methyl sites for hydroxylation is 1. The highest BCUT2D eigenvalue weighted by Gasteiger charge is 2.36. The van der Waals surface area contributed by atoms with Gasteiger partial charge in [0.05, 0.1) is 4.88 Å². The van der Waals surface area contributed by atoms with E-state index in [1.165, 1.54) is 16.9 Å². The van der Waals surface area contributed by atoms with Gasteiger partial charge in [0, 0.05) is 12.2 Å². The fraction of sp³-hybridized carbons (Fsp3) is 0.409. The summed E-state index contributed by atoms with van der Waals surface area (Å²) >= 11 is 1.35. The van der Waals surface area contributed by atoms with Crippen LogP contribution in [-0.2, 0) is 20.7 Å². The Bertz CT molecular complexity index is 833. The number of thiophene rings is 1. The Hall–Kier alpha value is -2.67. The van der Waals surface area contributed by atoms with Gasteiger partial charge in [0.15, 0.2) is 6.61 Å². The van der Waals surface area contributed by atoms with E-state index < -0.39 is 17.9 Å². The first-order valence-electron chi connectivity index (χ1n) is 9.98. The largest absolute Gasteiger partial charge is 0.454 e. The number of unbranched alkanes of at least 4 members (excludes halogenated alkanes) is 1. The van der Waals surface area contributed by atoms with Crippen LogP contribution in [0.4, 0.5) is 5.69 Å². The van der Waals surface area contributed by atoms with Crippen molar-refractivity contribution in [1.82, 2.24) is 4.90 Å². The average Bonchev–Trinajstić information content (AvgIpc) is 3.43. The van der Waals surface area contributed by atoms with Crippen molar-refractivity contribution in [3.63, 3.8) is 0 Å². The monoisotopic (exact) mass is 414 g/mol. The van der Waals surface area contributed by atoms with Crippen LogP contribution in [0.1, 0.15) is 47.8 Å². The van der Waals surface area contributed by atoms with Crippen molar-refractivity contribution >= 4 is 34.8 Å². The van der Waals surface area contributed by atoms with Crippen LogP contribution in [0.25, 0.3) is 0 Å².